The van der Waals surface area contributed by atoms with Gasteiger partial charge in [0.15, 0.2) is 0 Å². The molecular weight excluding hydrogens is 464 g/mol. The number of carboxylic acid groups (broad SMARTS) is 1. The lowest BCUT2D eigenvalue weighted by atomic mass is 9.86. The summed E-state index contributed by atoms with van der Waals surface area (Å²) in [6.45, 7) is 0.975. The van der Waals surface area contributed by atoms with Crippen molar-refractivity contribution >= 4 is 28.7 Å². The molecule has 2 aromatic carbocycles. The summed E-state index contributed by atoms with van der Waals surface area (Å²) < 4.78 is 10.0. The standard InChI is InChI=1S/C31H32N2O4/c1-32-18-15-24-20-25(13-14-27(24)32)30(34)28-11-6-17-33(28)16-5-9-22-7-4-8-23(19-22)21-37-29-12-3-2-10-26(29)31(35)36/h4-9,11,13-15,17-20,26,29H,2-3,10,12,16,21H2,1H3,(H,35,36)/b9-5+. The summed E-state index contributed by atoms with van der Waals surface area (Å²) in [5.74, 6) is -1.17. The topological polar surface area (TPSA) is 73.5 Å². The second kappa shape index (κ2) is 11.0. The Kier molecular flexibility index (Phi) is 7.37. The number of aryl methyl sites for hydroxylation is 1. The molecule has 2 aromatic heterocycles. The summed E-state index contributed by atoms with van der Waals surface area (Å²) >= 11 is 0. The van der Waals surface area contributed by atoms with Crippen molar-refractivity contribution in [2.45, 2.75) is 44.9 Å². The van der Waals surface area contributed by atoms with Crippen molar-refractivity contribution in [3.63, 3.8) is 0 Å². The first kappa shape index (κ1) is 24.8. The first-order valence-corrected chi connectivity index (χ1v) is 12.8. The van der Waals surface area contributed by atoms with Gasteiger partial charge in [0, 0.05) is 42.5 Å². The van der Waals surface area contributed by atoms with Crippen molar-refractivity contribution in [2.24, 2.45) is 13.0 Å². The fraction of sp³-hybridized carbons (Fsp3) is 0.290. The van der Waals surface area contributed by atoms with Crippen LogP contribution in [0.1, 0.15) is 52.9 Å². The molecule has 0 bridgehead atoms. The highest BCUT2D eigenvalue weighted by molar-refractivity contribution is 6.09. The number of benzene rings is 2. The molecule has 2 heterocycles. The van der Waals surface area contributed by atoms with E-state index in [1.165, 1.54) is 0 Å². The van der Waals surface area contributed by atoms with Gasteiger partial charge in [0.2, 0.25) is 5.78 Å². The third-order valence-corrected chi connectivity index (χ3v) is 7.26. The van der Waals surface area contributed by atoms with Crippen LogP contribution in [0.15, 0.2) is 79.1 Å². The Morgan fingerprint density at radius 2 is 1.89 bits per heavy atom. The molecule has 0 aliphatic heterocycles. The highest BCUT2D eigenvalue weighted by atomic mass is 16.5. The third-order valence-electron chi connectivity index (χ3n) is 7.26. The SMILES string of the molecule is Cn1ccc2cc(C(=O)c3cccn3C/C=C/c3cccc(COC4CCCCC4C(=O)O)c3)ccc21. The lowest BCUT2D eigenvalue weighted by molar-refractivity contribution is -0.150. The van der Waals surface area contributed by atoms with Crippen LogP contribution in [-0.2, 0) is 29.7 Å². The molecule has 0 saturated heterocycles. The van der Waals surface area contributed by atoms with Gasteiger partial charge in [0.25, 0.3) is 0 Å². The van der Waals surface area contributed by atoms with Crippen molar-refractivity contribution in [2.75, 3.05) is 0 Å². The molecule has 5 rings (SSSR count). The summed E-state index contributed by atoms with van der Waals surface area (Å²) in [5, 5.41) is 10.5. The van der Waals surface area contributed by atoms with Gasteiger partial charge in [-0.3, -0.25) is 9.59 Å². The van der Waals surface area contributed by atoms with E-state index in [1.54, 1.807) is 0 Å². The van der Waals surface area contributed by atoms with Crippen LogP contribution in [0.4, 0.5) is 0 Å². The molecule has 1 saturated carbocycles. The van der Waals surface area contributed by atoms with E-state index in [0.717, 1.165) is 41.3 Å². The van der Waals surface area contributed by atoms with Crippen molar-refractivity contribution < 1.29 is 19.4 Å². The average molecular weight is 497 g/mol. The monoisotopic (exact) mass is 496 g/mol. The van der Waals surface area contributed by atoms with Crippen LogP contribution in [0.5, 0.6) is 0 Å². The first-order valence-electron chi connectivity index (χ1n) is 12.8. The van der Waals surface area contributed by atoms with Gasteiger partial charge < -0.3 is 19.0 Å². The molecular formula is C31H32N2O4. The third kappa shape index (κ3) is 5.59. The first-order chi connectivity index (χ1) is 18.0. The molecule has 190 valence electrons. The highest BCUT2D eigenvalue weighted by Crippen LogP contribution is 2.28. The number of hydrogen-bond acceptors (Lipinski definition) is 3. The van der Waals surface area contributed by atoms with Crippen LogP contribution in [-0.4, -0.2) is 32.1 Å². The minimum Gasteiger partial charge on any atom is -0.481 e. The molecule has 0 amide bonds. The number of nitrogens with zero attached hydrogens (tertiary/aromatic N) is 2. The van der Waals surface area contributed by atoms with E-state index >= 15 is 0 Å². The molecule has 2 atom stereocenters. The number of ether oxygens (including phenoxy) is 1. The number of carbonyl (C=O) groups is 2. The maximum Gasteiger partial charge on any atom is 0.309 e. The normalized spacial score (nSPS) is 18.0. The Morgan fingerprint density at radius 3 is 2.76 bits per heavy atom. The van der Waals surface area contributed by atoms with E-state index in [0.29, 0.717) is 30.8 Å². The molecule has 6 heteroatoms. The number of fused-ring (bicyclic) bond motifs is 1. The van der Waals surface area contributed by atoms with Gasteiger partial charge in [-0.1, -0.05) is 43.2 Å². The summed E-state index contributed by atoms with van der Waals surface area (Å²) in [5.41, 5.74) is 4.49. The summed E-state index contributed by atoms with van der Waals surface area (Å²) in [6, 6.07) is 19.7. The van der Waals surface area contributed by atoms with Gasteiger partial charge in [-0.15, -0.1) is 0 Å². The van der Waals surface area contributed by atoms with Gasteiger partial charge in [-0.25, -0.2) is 0 Å². The molecule has 37 heavy (non-hydrogen) atoms. The zero-order chi connectivity index (χ0) is 25.8. The average Bonchev–Trinajstić information content (AvgIpc) is 3.53. The van der Waals surface area contributed by atoms with E-state index in [-0.39, 0.29) is 11.9 Å². The number of ketones is 1. The second-order valence-electron chi connectivity index (χ2n) is 9.80. The number of allylic oxidation sites excluding steroid dienone is 1. The zero-order valence-electron chi connectivity index (χ0n) is 21.0. The molecule has 1 aliphatic rings. The Hall–Kier alpha value is -3.90. The van der Waals surface area contributed by atoms with Gasteiger partial charge in [0.05, 0.1) is 24.3 Å². The molecule has 6 nitrogen and oxygen atoms in total. The Morgan fingerprint density at radius 1 is 1.03 bits per heavy atom. The smallest absolute Gasteiger partial charge is 0.309 e. The second-order valence-corrected chi connectivity index (χ2v) is 9.80. The van der Waals surface area contributed by atoms with Crippen LogP contribution in [0.3, 0.4) is 0 Å². The number of carboxylic acids is 1. The minimum atomic E-state index is -0.759. The van der Waals surface area contributed by atoms with Crippen LogP contribution >= 0.6 is 0 Å². The van der Waals surface area contributed by atoms with E-state index < -0.39 is 11.9 Å². The minimum absolute atomic E-state index is 0.00526. The molecule has 1 N–H and O–H groups in total. The lowest BCUT2D eigenvalue weighted by Gasteiger charge is -2.28. The Balaban J connectivity index is 1.22. The molecule has 0 spiro atoms. The van der Waals surface area contributed by atoms with E-state index in [4.69, 9.17) is 4.74 Å². The Labute approximate surface area is 216 Å². The van der Waals surface area contributed by atoms with Gasteiger partial charge >= 0.3 is 5.97 Å². The van der Waals surface area contributed by atoms with Crippen LogP contribution in [0.2, 0.25) is 0 Å². The van der Waals surface area contributed by atoms with Crippen LogP contribution < -0.4 is 0 Å². The molecule has 4 aromatic rings. The lowest BCUT2D eigenvalue weighted by Crippen LogP contribution is -2.33. The zero-order valence-corrected chi connectivity index (χ0v) is 21.0. The van der Waals surface area contributed by atoms with Gasteiger partial charge in [-0.2, -0.15) is 0 Å². The van der Waals surface area contributed by atoms with Crippen molar-refractivity contribution in [3.8, 4) is 0 Å². The number of rotatable bonds is 9. The number of hydrogen-bond donors (Lipinski definition) is 1. The molecule has 2 unspecified atom stereocenters. The maximum absolute atomic E-state index is 13.2. The predicted molar refractivity (Wildman–Crippen MR) is 144 cm³/mol. The summed E-state index contributed by atoms with van der Waals surface area (Å²) in [7, 11) is 2.00. The summed E-state index contributed by atoms with van der Waals surface area (Å²) in [4.78, 5) is 24.8. The largest absolute Gasteiger partial charge is 0.481 e. The maximum atomic E-state index is 13.2. The molecule has 0 radical (unpaired) electrons. The van der Waals surface area contributed by atoms with Crippen molar-refractivity contribution in [1.82, 2.24) is 9.13 Å². The van der Waals surface area contributed by atoms with Crippen LogP contribution in [0.25, 0.3) is 17.0 Å². The number of aliphatic carboxylic acids is 1. The highest BCUT2D eigenvalue weighted by Gasteiger charge is 2.31. The van der Waals surface area contributed by atoms with Gasteiger partial charge in [0.1, 0.15) is 0 Å². The Bertz CT molecular complexity index is 1440. The van der Waals surface area contributed by atoms with E-state index in [1.807, 2.05) is 95.3 Å². The van der Waals surface area contributed by atoms with Crippen LogP contribution in [0, 0.1) is 5.92 Å². The number of carbonyl (C=O) groups excluding carboxylic acids is 1. The fourth-order valence-corrected chi connectivity index (χ4v) is 5.22. The molecule has 1 fully saturated rings. The van der Waals surface area contributed by atoms with Gasteiger partial charge in [-0.05, 0) is 66.4 Å². The van der Waals surface area contributed by atoms with Crippen molar-refractivity contribution in [1.29, 1.82) is 0 Å². The van der Waals surface area contributed by atoms with Crippen molar-refractivity contribution in [3.05, 3.63) is 102 Å². The van der Waals surface area contributed by atoms with E-state index in [9.17, 15) is 14.7 Å². The quantitative estimate of drug-likeness (QED) is 0.285. The fourth-order valence-electron chi connectivity index (χ4n) is 5.22. The number of aromatic nitrogens is 2. The molecule has 1 aliphatic carbocycles. The van der Waals surface area contributed by atoms with E-state index in [2.05, 4.69) is 6.07 Å². The summed E-state index contributed by atoms with van der Waals surface area (Å²) in [6.07, 6.45) is 11.2. The predicted octanol–water partition coefficient (Wildman–Crippen LogP) is 6.08.